The standard InChI is InChI=1S/C18H20N4O2/c23-17-8-14(13-4-2-1-3-5-13)9-22(17)11-18(24)21-7-6-15-16(10-21)20-12-19-15/h1-5,12,14H,6-11H2,(H,19,20)/t14-/m0/s1. The summed E-state index contributed by atoms with van der Waals surface area (Å²) in [7, 11) is 0. The molecule has 6 nitrogen and oxygen atoms in total. The minimum absolute atomic E-state index is 0.0114. The van der Waals surface area contributed by atoms with E-state index in [1.807, 2.05) is 35.2 Å². The zero-order valence-electron chi connectivity index (χ0n) is 13.4. The van der Waals surface area contributed by atoms with Crippen LogP contribution in [0.1, 0.15) is 29.3 Å². The molecule has 1 atom stereocenters. The summed E-state index contributed by atoms with van der Waals surface area (Å²) >= 11 is 0. The Hall–Kier alpha value is -2.63. The summed E-state index contributed by atoms with van der Waals surface area (Å²) in [5.74, 6) is 0.265. The van der Waals surface area contributed by atoms with E-state index in [0.717, 1.165) is 17.8 Å². The van der Waals surface area contributed by atoms with Crippen LogP contribution in [0, 0.1) is 0 Å². The van der Waals surface area contributed by atoms with Crippen molar-refractivity contribution in [2.24, 2.45) is 0 Å². The largest absolute Gasteiger partial charge is 0.347 e. The zero-order chi connectivity index (χ0) is 16.5. The number of imidazole rings is 1. The first-order chi connectivity index (χ1) is 11.7. The van der Waals surface area contributed by atoms with Crippen LogP contribution < -0.4 is 0 Å². The molecule has 24 heavy (non-hydrogen) atoms. The van der Waals surface area contributed by atoms with Gasteiger partial charge >= 0.3 is 0 Å². The Balaban J connectivity index is 1.39. The molecule has 0 radical (unpaired) electrons. The van der Waals surface area contributed by atoms with Gasteiger partial charge in [0.15, 0.2) is 0 Å². The number of likely N-dealkylation sites (tertiary alicyclic amines) is 1. The molecule has 4 rings (SSSR count). The van der Waals surface area contributed by atoms with Crippen molar-refractivity contribution in [2.45, 2.75) is 25.3 Å². The molecule has 2 amide bonds. The fourth-order valence-electron chi connectivity index (χ4n) is 3.56. The van der Waals surface area contributed by atoms with Crippen molar-refractivity contribution in [3.8, 4) is 0 Å². The van der Waals surface area contributed by atoms with E-state index < -0.39 is 0 Å². The first-order valence-electron chi connectivity index (χ1n) is 8.32. The maximum Gasteiger partial charge on any atom is 0.242 e. The van der Waals surface area contributed by atoms with E-state index in [1.165, 1.54) is 5.56 Å². The van der Waals surface area contributed by atoms with Gasteiger partial charge in [-0.25, -0.2) is 4.98 Å². The predicted molar refractivity (Wildman–Crippen MR) is 88.1 cm³/mol. The number of aromatic amines is 1. The van der Waals surface area contributed by atoms with Crippen molar-refractivity contribution in [2.75, 3.05) is 19.6 Å². The Morgan fingerprint density at radius 1 is 1.29 bits per heavy atom. The summed E-state index contributed by atoms with van der Waals surface area (Å²) in [4.78, 5) is 35.7. The monoisotopic (exact) mass is 324 g/mol. The van der Waals surface area contributed by atoms with Gasteiger partial charge in [0.25, 0.3) is 0 Å². The van der Waals surface area contributed by atoms with Crippen LogP contribution in [0.15, 0.2) is 36.7 Å². The third-order valence-electron chi connectivity index (χ3n) is 4.94. The molecule has 1 aromatic heterocycles. The van der Waals surface area contributed by atoms with E-state index in [-0.39, 0.29) is 24.3 Å². The van der Waals surface area contributed by atoms with E-state index in [4.69, 9.17) is 0 Å². The number of nitrogens with one attached hydrogen (secondary N) is 1. The molecule has 1 saturated heterocycles. The molecular weight excluding hydrogens is 304 g/mol. The highest BCUT2D eigenvalue weighted by atomic mass is 16.2. The minimum Gasteiger partial charge on any atom is -0.347 e. The topological polar surface area (TPSA) is 69.3 Å². The molecule has 0 saturated carbocycles. The number of nitrogens with zero attached hydrogens (tertiary/aromatic N) is 3. The molecule has 3 heterocycles. The summed E-state index contributed by atoms with van der Waals surface area (Å²) in [6.45, 7) is 2.02. The lowest BCUT2D eigenvalue weighted by Crippen LogP contribution is -2.43. The zero-order valence-corrected chi connectivity index (χ0v) is 13.4. The lowest BCUT2D eigenvalue weighted by molar-refractivity contribution is -0.139. The van der Waals surface area contributed by atoms with E-state index in [0.29, 0.717) is 26.1 Å². The molecular formula is C18H20N4O2. The quantitative estimate of drug-likeness (QED) is 0.925. The molecule has 6 heteroatoms. The van der Waals surface area contributed by atoms with Gasteiger partial charge in [0.1, 0.15) is 0 Å². The Morgan fingerprint density at radius 3 is 2.96 bits per heavy atom. The molecule has 2 aliphatic heterocycles. The van der Waals surface area contributed by atoms with Crippen LogP contribution in [0.4, 0.5) is 0 Å². The Labute approximate surface area is 140 Å². The first kappa shape index (κ1) is 14.9. The smallest absolute Gasteiger partial charge is 0.242 e. The number of aromatic nitrogens is 2. The number of carbonyl (C=O) groups is 2. The summed E-state index contributed by atoms with van der Waals surface area (Å²) < 4.78 is 0. The molecule has 2 aliphatic rings. The number of hydrogen-bond acceptors (Lipinski definition) is 3. The molecule has 0 unspecified atom stereocenters. The summed E-state index contributed by atoms with van der Waals surface area (Å²) in [6.07, 6.45) is 2.93. The van der Waals surface area contributed by atoms with Crippen molar-refractivity contribution >= 4 is 11.8 Å². The number of H-pyrrole nitrogens is 1. The van der Waals surface area contributed by atoms with E-state index in [2.05, 4.69) is 9.97 Å². The van der Waals surface area contributed by atoms with Crippen LogP contribution in [0.5, 0.6) is 0 Å². The van der Waals surface area contributed by atoms with Gasteiger partial charge in [-0.15, -0.1) is 0 Å². The summed E-state index contributed by atoms with van der Waals surface area (Å²) in [5.41, 5.74) is 3.21. The SMILES string of the molecule is O=C(CN1C[C@@H](c2ccccc2)CC1=O)N1CCc2nc[nH]c2C1. The van der Waals surface area contributed by atoms with Crippen LogP contribution in [0.2, 0.25) is 0 Å². The van der Waals surface area contributed by atoms with Gasteiger partial charge in [0, 0.05) is 31.8 Å². The Morgan fingerprint density at radius 2 is 2.12 bits per heavy atom. The lowest BCUT2D eigenvalue weighted by atomic mass is 9.99. The molecule has 0 spiro atoms. The molecule has 2 aromatic rings. The fraction of sp³-hybridized carbons (Fsp3) is 0.389. The Kier molecular flexibility index (Phi) is 3.80. The number of amides is 2. The Bertz CT molecular complexity index is 755. The van der Waals surface area contributed by atoms with Crippen molar-refractivity contribution in [3.05, 3.63) is 53.6 Å². The number of benzene rings is 1. The molecule has 1 aromatic carbocycles. The van der Waals surface area contributed by atoms with E-state index in [9.17, 15) is 9.59 Å². The van der Waals surface area contributed by atoms with E-state index in [1.54, 1.807) is 11.2 Å². The van der Waals surface area contributed by atoms with Crippen LogP contribution in [0.3, 0.4) is 0 Å². The highest BCUT2D eigenvalue weighted by Crippen LogP contribution is 2.28. The second-order valence-electron chi connectivity index (χ2n) is 6.48. The normalized spacial score (nSPS) is 20.3. The van der Waals surface area contributed by atoms with Crippen LogP contribution in [0.25, 0.3) is 0 Å². The number of carbonyl (C=O) groups excluding carboxylic acids is 2. The van der Waals surface area contributed by atoms with Crippen LogP contribution in [-0.4, -0.2) is 51.2 Å². The molecule has 124 valence electrons. The van der Waals surface area contributed by atoms with Gasteiger partial charge < -0.3 is 14.8 Å². The van der Waals surface area contributed by atoms with Crippen molar-refractivity contribution in [1.82, 2.24) is 19.8 Å². The van der Waals surface area contributed by atoms with Gasteiger partial charge in [0.05, 0.1) is 30.8 Å². The summed E-state index contributed by atoms with van der Waals surface area (Å²) in [6, 6.07) is 10.1. The van der Waals surface area contributed by atoms with Gasteiger partial charge in [-0.2, -0.15) is 0 Å². The molecule has 0 aliphatic carbocycles. The minimum atomic E-state index is 0.0114. The lowest BCUT2D eigenvalue weighted by Gasteiger charge is -2.28. The van der Waals surface area contributed by atoms with Gasteiger partial charge in [-0.1, -0.05) is 30.3 Å². The number of hydrogen-bond donors (Lipinski definition) is 1. The average molecular weight is 324 g/mol. The van der Waals surface area contributed by atoms with Gasteiger partial charge in [0.2, 0.25) is 11.8 Å². The van der Waals surface area contributed by atoms with Gasteiger partial charge in [-0.3, -0.25) is 9.59 Å². The van der Waals surface area contributed by atoms with Gasteiger partial charge in [-0.05, 0) is 5.56 Å². The van der Waals surface area contributed by atoms with Crippen molar-refractivity contribution < 1.29 is 9.59 Å². The average Bonchev–Trinajstić information content (AvgIpc) is 3.22. The van der Waals surface area contributed by atoms with Crippen LogP contribution >= 0.6 is 0 Å². The highest BCUT2D eigenvalue weighted by molar-refractivity contribution is 5.86. The fourth-order valence-corrected chi connectivity index (χ4v) is 3.56. The number of rotatable bonds is 3. The second kappa shape index (κ2) is 6.11. The van der Waals surface area contributed by atoms with Crippen molar-refractivity contribution in [3.63, 3.8) is 0 Å². The predicted octanol–water partition coefficient (Wildman–Crippen LogP) is 1.31. The molecule has 0 bridgehead atoms. The second-order valence-corrected chi connectivity index (χ2v) is 6.48. The summed E-state index contributed by atoms with van der Waals surface area (Å²) in [5, 5.41) is 0. The molecule has 1 fully saturated rings. The maximum absolute atomic E-state index is 12.6. The third kappa shape index (κ3) is 2.79. The van der Waals surface area contributed by atoms with Crippen molar-refractivity contribution in [1.29, 1.82) is 0 Å². The third-order valence-corrected chi connectivity index (χ3v) is 4.94. The van der Waals surface area contributed by atoms with E-state index >= 15 is 0 Å². The van der Waals surface area contributed by atoms with Crippen LogP contribution in [-0.2, 0) is 22.6 Å². The maximum atomic E-state index is 12.6. The first-order valence-corrected chi connectivity index (χ1v) is 8.32. The molecule has 1 N–H and O–H groups in total. The number of fused-ring (bicyclic) bond motifs is 1. The highest BCUT2D eigenvalue weighted by Gasteiger charge is 2.33.